The Morgan fingerprint density at radius 2 is 2.12 bits per heavy atom. The van der Waals surface area contributed by atoms with Crippen LogP contribution in [0.4, 0.5) is 13.2 Å². The Labute approximate surface area is 141 Å². The van der Waals surface area contributed by atoms with Crippen molar-refractivity contribution in [2.45, 2.75) is 31.2 Å². The molecule has 1 saturated heterocycles. The summed E-state index contributed by atoms with van der Waals surface area (Å²) in [6, 6.07) is 3.32. The summed E-state index contributed by atoms with van der Waals surface area (Å²) in [5.41, 5.74) is -0.119. The Kier molecular flexibility index (Phi) is 5.83. The summed E-state index contributed by atoms with van der Waals surface area (Å²) in [5.74, 6) is -1.97. The highest BCUT2D eigenvalue weighted by molar-refractivity contribution is 5.93. The number of likely N-dealkylation sites (tertiary alicyclic amines) is 1. The summed E-state index contributed by atoms with van der Waals surface area (Å²) in [6.45, 7) is -1.34. The molecule has 25 heavy (non-hydrogen) atoms. The lowest BCUT2D eigenvalue weighted by molar-refractivity contribution is -0.154. The molecule has 2 rings (SSSR count). The molecule has 0 aliphatic carbocycles. The zero-order valence-corrected chi connectivity index (χ0v) is 13.3. The molecule has 138 valence electrons. The van der Waals surface area contributed by atoms with Crippen molar-refractivity contribution in [3.05, 3.63) is 23.9 Å². The first-order valence-corrected chi connectivity index (χ1v) is 7.41. The molecule has 2 heterocycles. The topological polar surface area (TPSA) is 89.0 Å². The summed E-state index contributed by atoms with van der Waals surface area (Å²) in [5, 5.41) is 8.97. The van der Waals surface area contributed by atoms with Gasteiger partial charge in [0, 0.05) is 25.8 Å². The Morgan fingerprint density at radius 3 is 2.72 bits per heavy atom. The number of pyridine rings is 1. The fourth-order valence-electron chi connectivity index (χ4n) is 2.61. The van der Waals surface area contributed by atoms with E-state index in [-0.39, 0.29) is 30.6 Å². The zero-order valence-electron chi connectivity index (χ0n) is 13.3. The van der Waals surface area contributed by atoms with Crippen molar-refractivity contribution in [2.75, 3.05) is 20.3 Å². The second-order valence-electron chi connectivity index (χ2n) is 5.57. The van der Waals surface area contributed by atoms with Crippen LogP contribution in [-0.4, -0.2) is 65.5 Å². The third-order valence-corrected chi connectivity index (χ3v) is 3.71. The maximum atomic E-state index is 12.6. The number of carbonyl (C=O) groups is 2. The van der Waals surface area contributed by atoms with Crippen LogP contribution in [0.1, 0.15) is 23.3 Å². The number of alkyl halides is 3. The van der Waals surface area contributed by atoms with Crippen molar-refractivity contribution in [1.82, 2.24) is 9.88 Å². The van der Waals surface area contributed by atoms with Crippen LogP contribution in [0.3, 0.4) is 0 Å². The molecule has 1 fully saturated rings. The molecule has 2 atom stereocenters. The molecule has 0 spiro atoms. The maximum Gasteiger partial charge on any atom is 0.422 e. The summed E-state index contributed by atoms with van der Waals surface area (Å²) in [4.78, 5) is 28.7. The van der Waals surface area contributed by atoms with Crippen molar-refractivity contribution in [3.8, 4) is 5.88 Å². The number of methoxy groups -OCH3 is 1. The smallest absolute Gasteiger partial charge is 0.422 e. The molecule has 1 aromatic rings. The highest BCUT2D eigenvalue weighted by Crippen LogP contribution is 2.25. The van der Waals surface area contributed by atoms with Crippen molar-refractivity contribution in [2.24, 2.45) is 0 Å². The average Bonchev–Trinajstić information content (AvgIpc) is 2.94. The van der Waals surface area contributed by atoms with Crippen molar-refractivity contribution in [1.29, 1.82) is 0 Å². The van der Waals surface area contributed by atoms with E-state index in [0.29, 0.717) is 6.42 Å². The lowest BCUT2D eigenvalue weighted by Crippen LogP contribution is -2.37. The summed E-state index contributed by atoms with van der Waals surface area (Å²) in [7, 11) is 1.46. The highest BCUT2D eigenvalue weighted by Gasteiger charge is 2.37. The molecular formula is C15H17F3N2O5. The van der Waals surface area contributed by atoms with Gasteiger partial charge >= 0.3 is 12.1 Å². The molecule has 10 heteroatoms. The molecule has 0 bridgehead atoms. The number of nitrogens with zero attached hydrogens (tertiary/aromatic N) is 2. The number of hydrogen-bond acceptors (Lipinski definition) is 5. The standard InChI is InChI=1S/C15H17F3N2O5/c1-24-10-5-9(6-13(21)22)20(7-10)14(23)11-3-2-4-12(19-11)25-8-15(16,17)18/h2-4,9-10H,5-8H2,1H3,(H,21,22). The van der Waals surface area contributed by atoms with Crippen LogP contribution in [0, 0.1) is 0 Å². The fourth-order valence-corrected chi connectivity index (χ4v) is 2.61. The van der Waals surface area contributed by atoms with E-state index in [0.717, 1.165) is 0 Å². The Balaban J connectivity index is 2.14. The first kappa shape index (κ1) is 19.0. The van der Waals surface area contributed by atoms with Crippen molar-refractivity contribution >= 4 is 11.9 Å². The third kappa shape index (κ3) is 5.31. The summed E-state index contributed by atoms with van der Waals surface area (Å²) < 4.78 is 46.3. The predicted molar refractivity (Wildman–Crippen MR) is 78.3 cm³/mol. The second-order valence-corrected chi connectivity index (χ2v) is 5.57. The minimum absolute atomic E-state index is 0.119. The number of rotatable bonds is 6. The SMILES string of the molecule is COC1CC(CC(=O)O)N(C(=O)c2cccc(OCC(F)(F)F)n2)C1. The number of ether oxygens (including phenoxy) is 2. The molecule has 7 nitrogen and oxygen atoms in total. The molecule has 2 unspecified atom stereocenters. The van der Waals surface area contributed by atoms with Gasteiger partial charge in [-0.05, 0) is 12.5 Å². The van der Waals surface area contributed by atoms with Crippen LogP contribution in [0.15, 0.2) is 18.2 Å². The monoisotopic (exact) mass is 362 g/mol. The van der Waals surface area contributed by atoms with Gasteiger partial charge in [-0.1, -0.05) is 6.07 Å². The van der Waals surface area contributed by atoms with Gasteiger partial charge in [-0.3, -0.25) is 9.59 Å². The van der Waals surface area contributed by atoms with Gasteiger partial charge in [-0.15, -0.1) is 0 Å². The number of amides is 1. The van der Waals surface area contributed by atoms with Gasteiger partial charge in [0.2, 0.25) is 5.88 Å². The van der Waals surface area contributed by atoms with Crippen LogP contribution in [0.25, 0.3) is 0 Å². The second kappa shape index (κ2) is 7.68. The van der Waals surface area contributed by atoms with Gasteiger partial charge in [0.15, 0.2) is 6.61 Å². The van der Waals surface area contributed by atoms with E-state index in [1.807, 2.05) is 0 Å². The van der Waals surface area contributed by atoms with Crippen LogP contribution in [0.5, 0.6) is 5.88 Å². The van der Waals surface area contributed by atoms with E-state index in [4.69, 9.17) is 9.84 Å². The molecule has 1 amide bonds. The van der Waals surface area contributed by atoms with Gasteiger partial charge in [-0.25, -0.2) is 4.98 Å². The quantitative estimate of drug-likeness (QED) is 0.829. The molecule has 1 aliphatic rings. The van der Waals surface area contributed by atoms with Gasteiger partial charge < -0.3 is 19.5 Å². The first-order chi connectivity index (χ1) is 11.7. The van der Waals surface area contributed by atoms with Gasteiger partial charge in [0.05, 0.1) is 12.5 Å². The molecule has 1 aliphatic heterocycles. The van der Waals surface area contributed by atoms with Crippen molar-refractivity contribution < 1.29 is 37.3 Å². The highest BCUT2D eigenvalue weighted by atomic mass is 19.4. The number of halogens is 3. The lowest BCUT2D eigenvalue weighted by atomic mass is 10.1. The van der Waals surface area contributed by atoms with Crippen LogP contribution in [-0.2, 0) is 9.53 Å². The molecule has 1 N–H and O–H groups in total. The van der Waals surface area contributed by atoms with Crippen LogP contribution >= 0.6 is 0 Å². The number of aliphatic carboxylic acids is 1. The minimum atomic E-state index is -4.52. The van der Waals surface area contributed by atoms with Crippen molar-refractivity contribution in [3.63, 3.8) is 0 Å². The first-order valence-electron chi connectivity index (χ1n) is 7.41. The molecule has 1 aromatic heterocycles. The van der Waals surface area contributed by atoms with Gasteiger partial charge in [-0.2, -0.15) is 13.2 Å². The molecule has 0 radical (unpaired) electrons. The molecular weight excluding hydrogens is 345 g/mol. The Hall–Kier alpha value is -2.36. The number of carboxylic acid groups (broad SMARTS) is 1. The van der Waals surface area contributed by atoms with E-state index in [9.17, 15) is 22.8 Å². The average molecular weight is 362 g/mol. The summed E-state index contributed by atoms with van der Waals surface area (Å²) >= 11 is 0. The van der Waals surface area contributed by atoms with E-state index in [1.165, 1.54) is 30.2 Å². The van der Waals surface area contributed by atoms with Crippen LogP contribution < -0.4 is 4.74 Å². The number of carboxylic acids is 1. The zero-order chi connectivity index (χ0) is 18.6. The van der Waals surface area contributed by atoms with Gasteiger partial charge in [0.1, 0.15) is 5.69 Å². The Morgan fingerprint density at radius 1 is 1.40 bits per heavy atom. The van der Waals surface area contributed by atoms with E-state index in [2.05, 4.69) is 9.72 Å². The van der Waals surface area contributed by atoms with E-state index >= 15 is 0 Å². The minimum Gasteiger partial charge on any atom is -0.481 e. The van der Waals surface area contributed by atoms with E-state index < -0.39 is 30.7 Å². The largest absolute Gasteiger partial charge is 0.481 e. The number of hydrogen-bond donors (Lipinski definition) is 1. The predicted octanol–water partition coefficient (Wildman–Crippen LogP) is 1.73. The normalized spacial score (nSPS) is 20.6. The van der Waals surface area contributed by atoms with E-state index in [1.54, 1.807) is 0 Å². The van der Waals surface area contributed by atoms with Crippen LogP contribution in [0.2, 0.25) is 0 Å². The molecule has 0 saturated carbocycles. The number of aromatic nitrogens is 1. The third-order valence-electron chi connectivity index (χ3n) is 3.71. The fraction of sp³-hybridized carbons (Fsp3) is 0.533. The molecule has 0 aromatic carbocycles. The summed E-state index contributed by atoms with van der Waals surface area (Å²) in [6.07, 6.45) is -4.72. The van der Waals surface area contributed by atoms with Gasteiger partial charge in [0.25, 0.3) is 5.91 Å². The lowest BCUT2D eigenvalue weighted by Gasteiger charge is -2.23. The maximum absolute atomic E-state index is 12.6. The number of carbonyl (C=O) groups excluding carboxylic acids is 1. The Bertz CT molecular complexity index is 638.